The third-order valence-electron chi connectivity index (χ3n) is 4.68. The van der Waals surface area contributed by atoms with Gasteiger partial charge in [0, 0.05) is 26.7 Å². The van der Waals surface area contributed by atoms with Crippen LogP contribution in [-0.2, 0) is 11.0 Å². The van der Waals surface area contributed by atoms with Gasteiger partial charge in [-0.05, 0) is 25.8 Å². The highest BCUT2D eigenvalue weighted by atomic mass is 19.4. The standard InChI is InChI=1S/C16H20F3N3O3/c1-9-6-11(13(25-9)16(17,18)19)14(23)20-10-7-22(8-10)12-4-3-5-21(2)15(12)24/h6,10,12H,3-5,7-8H2,1-2H3,(H,20,23). The predicted octanol–water partition coefficient (Wildman–Crippen LogP) is 1.64. The van der Waals surface area contributed by atoms with E-state index in [-0.39, 0.29) is 23.8 Å². The van der Waals surface area contributed by atoms with Gasteiger partial charge < -0.3 is 14.6 Å². The quantitative estimate of drug-likeness (QED) is 0.891. The first-order valence-electron chi connectivity index (χ1n) is 8.14. The zero-order chi connectivity index (χ0) is 18.4. The van der Waals surface area contributed by atoms with E-state index >= 15 is 0 Å². The number of aryl methyl sites for hydroxylation is 1. The second kappa shape index (κ2) is 6.36. The number of rotatable bonds is 3. The number of likely N-dealkylation sites (N-methyl/N-ethyl adjacent to an activating group) is 1. The van der Waals surface area contributed by atoms with E-state index in [4.69, 9.17) is 0 Å². The molecule has 1 aromatic heterocycles. The van der Waals surface area contributed by atoms with Crippen molar-refractivity contribution in [3.05, 3.63) is 23.2 Å². The Kier molecular flexibility index (Phi) is 4.52. The first-order chi connectivity index (χ1) is 11.7. The average Bonchev–Trinajstić information content (AvgIpc) is 2.88. The van der Waals surface area contributed by atoms with Gasteiger partial charge in [0.15, 0.2) is 0 Å². The van der Waals surface area contributed by atoms with Crippen molar-refractivity contribution >= 4 is 11.8 Å². The Bertz CT molecular complexity index is 680. The number of nitrogens with zero attached hydrogens (tertiary/aromatic N) is 2. The normalized spacial score (nSPS) is 22.8. The number of amides is 2. The Morgan fingerprint density at radius 1 is 1.36 bits per heavy atom. The fourth-order valence-electron chi connectivity index (χ4n) is 3.36. The highest BCUT2D eigenvalue weighted by Crippen LogP contribution is 2.34. The number of likely N-dealkylation sites (tertiary alicyclic amines) is 2. The van der Waals surface area contributed by atoms with Gasteiger partial charge in [-0.3, -0.25) is 14.5 Å². The van der Waals surface area contributed by atoms with Crippen LogP contribution in [0.2, 0.25) is 0 Å². The van der Waals surface area contributed by atoms with Crippen molar-refractivity contribution in [2.75, 3.05) is 26.7 Å². The van der Waals surface area contributed by atoms with E-state index in [0.717, 1.165) is 25.5 Å². The first kappa shape index (κ1) is 17.8. The molecule has 2 aliphatic rings. The molecular weight excluding hydrogens is 339 g/mol. The largest absolute Gasteiger partial charge is 0.456 e. The Labute approximate surface area is 142 Å². The van der Waals surface area contributed by atoms with Crippen molar-refractivity contribution < 1.29 is 27.2 Å². The van der Waals surface area contributed by atoms with Crippen molar-refractivity contribution in [3.8, 4) is 0 Å². The van der Waals surface area contributed by atoms with E-state index < -0.39 is 23.4 Å². The van der Waals surface area contributed by atoms with Crippen LogP contribution in [0.1, 0.15) is 34.7 Å². The minimum absolute atomic E-state index is 0.0311. The predicted molar refractivity (Wildman–Crippen MR) is 81.9 cm³/mol. The zero-order valence-corrected chi connectivity index (χ0v) is 14.0. The van der Waals surface area contributed by atoms with Gasteiger partial charge in [-0.15, -0.1) is 0 Å². The third-order valence-corrected chi connectivity index (χ3v) is 4.68. The van der Waals surface area contributed by atoms with Crippen molar-refractivity contribution in [1.82, 2.24) is 15.1 Å². The van der Waals surface area contributed by atoms with Gasteiger partial charge in [0.2, 0.25) is 11.7 Å². The number of furan rings is 1. The lowest BCUT2D eigenvalue weighted by Crippen LogP contribution is -2.65. The van der Waals surface area contributed by atoms with E-state index in [0.29, 0.717) is 13.1 Å². The molecule has 1 unspecified atom stereocenters. The smallest absolute Gasteiger partial charge is 0.450 e. The van der Waals surface area contributed by atoms with Crippen LogP contribution >= 0.6 is 0 Å². The van der Waals surface area contributed by atoms with E-state index in [9.17, 15) is 22.8 Å². The Morgan fingerprint density at radius 2 is 2.04 bits per heavy atom. The number of alkyl halides is 3. The van der Waals surface area contributed by atoms with Gasteiger partial charge in [-0.25, -0.2) is 0 Å². The average molecular weight is 359 g/mol. The van der Waals surface area contributed by atoms with Gasteiger partial charge in [0.1, 0.15) is 5.76 Å². The van der Waals surface area contributed by atoms with Gasteiger partial charge in [-0.2, -0.15) is 13.2 Å². The molecule has 2 saturated heterocycles. The fourth-order valence-corrected chi connectivity index (χ4v) is 3.36. The summed E-state index contributed by atoms with van der Waals surface area (Å²) in [4.78, 5) is 27.9. The van der Waals surface area contributed by atoms with Gasteiger partial charge in [-0.1, -0.05) is 0 Å². The van der Waals surface area contributed by atoms with Gasteiger partial charge in [0.25, 0.3) is 5.91 Å². The van der Waals surface area contributed by atoms with Crippen molar-refractivity contribution in [3.63, 3.8) is 0 Å². The minimum atomic E-state index is -4.72. The summed E-state index contributed by atoms with van der Waals surface area (Å²) in [5.41, 5.74) is -0.503. The van der Waals surface area contributed by atoms with Crippen molar-refractivity contribution in [2.24, 2.45) is 0 Å². The number of piperidine rings is 1. The highest BCUT2D eigenvalue weighted by molar-refractivity contribution is 5.95. The van der Waals surface area contributed by atoms with Crippen LogP contribution in [0, 0.1) is 6.92 Å². The number of hydrogen-bond donors (Lipinski definition) is 1. The maximum absolute atomic E-state index is 12.9. The minimum Gasteiger partial charge on any atom is -0.456 e. The molecule has 3 rings (SSSR count). The molecule has 0 aliphatic carbocycles. The summed E-state index contributed by atoms with van der Waals surface area (Å²) in [6.07, 6.45) is -3.03. The summed E-state index contributed by atoms with van der Waals surface area (Å²) in [5, 5.41) is 2.59. The maximum atomic E-state index is 12.9. The zero-order valence-electron chi connectivity index (χ0n) is 14.0. The summed E-state index contributed by atoms with van der Waals surface area (Å²) in [6.45, 7) is 3.01. The molecule has 2 amide bonds. The molecule has 1 N–H and O–H groups in total. The molecule has 2 aliphatic heterocycles. The summed E-state index contributed by atoms with van der Waals surface area (Å²) in [5.74, 6) is -1.99. The SMILES string of the molecule is Cc1cc(C(=O)NC2CN(C3CCCN(C)C3=O)C2)c(C(F)(F)F)o1. The molecule has 25 heavy (non-hydrogen) atoms. The third kappa shape index (κ3) is 3.51. The molecule has 0 bridgehead atoms. The second-order valence-electron chi connectivity index (χ2n) is 6.64. The topological polar surface area (TPSA) is 65.8 Å². The molecule has 0 radical (unpaired) electrons. The van der Waals surface area contributed by atoms with Crippen LogP contribution in [0.4, 0.5) is 13.2 Å². The summed E-state index contributed by atoms with van der Waals surface area (Å²) < 4.78 is 43.4. The van der Waals surface area contributed by atoms with Crippen molar-refractivity contribution in [2.45, 2.75) is 38.0 Å². The van der Waals surface area contributed by atoms with Crippen LogP contribution in [0.5, 0.6) is 0 Å². The van der Waals surface area contributed by atoms with E-state index in [2.05, 4.69) is 9.73 Å². The van der Waals surface area contributed by atoms with E-state index in [1.54, 1.807) is 11.9 Å². The Morgan fingerprint density at radius 3 is 2.68 bits per heavy atom. The second-order valence-corrected chi connectivity index (χ2v) is 6.64. The number of nitrogens with one attached hydrogen (secondary N) is 1. The summed E-state index contributed by atoms with van der Waals surface area (Å²) >= 11 is 0. The molecule has 0 aromatic carbocycles. The molecule has 9 heteroatoms. The lowest BCUT2D eigenvalue weighted by Gasteiger charge is -2.46. The number of carbonyl (C=O) groups is 2. The van der Waals surface area contributed by atoms with Crippen LogP contribution in [0.25, 0.3) is 0 Å². The van der Waals surface area contributed by atoms with Crippen molar-refractivity contribution in [1.29, 1.82) is 0 Å². The van der Waals surface area contributed by atoms with E-state index in [1.807, 2.05) is 4.90 Å². The monoisotopic (exact) mass is 359 g/mol. The first-order valence-corrected chi connectivity index (χ1v) is 8.14. The fraction of sp³-hybridized carbons (Fsp3) is 0.625. The Hall–Kier alpha value is -2.03. The molecule has 0 saturated carbocycles. The maximum Gasteiger partial charge on any atom is 0.450 e. The number of halogens is 3. The van der Waals surface area contributed by atoms with Crippen LogP contribution < -0.4 is 5.32 Å². The molecule has 3 heterocycles. The number of carbonyl (C=O) groups excluding carboxylic acids is 2. The molecule has 6 nitrogen and oxygen atoms in total. The summed E-state index contributed by atoms with van der Waals surface area (Å²) in [6, 6.07) is 0.617. The lowest BCUT2D eigenvalue weighted by molar-refractivity contribution is -0.153. The molecule has 0 spiro atoms. The van der Waals surface area contributed by atoms with Crippen LogP contribution in [0.3, 0.4) is 0 Å². The van der Waals surface area contributed by atoms with Gasteiger partial charge in [0.05, 0.1) is 17.6 Å². The number of hydrogen-bond acceptors (Lipinski definition) is 4. The van der Waals surface area contributed by atoms with Crippen LogP contribution in [-0.4, -0.2) is 60.4 Å². The van der Waals surface area contributed by atoms with Crippen LogP contribution in [0.15, 0.2) is 10.5 Å². The van der Waals surface area contributed by atoms with Gasteiger partial charge >= 0.3 is 6.18 Å². The molecular formula is C16H20F3N3O3. The molecule has 2 fully saturated rings. The van der Waals surface area contributed by atoms with E-state index in [1.165, 1.54) is 6.92 Å². The molecule has 138 valence electrons. The molecule has 1 atom stereocenters. The lowest BCUT2D eigenvalue weighted by atomic mass is 9.97. The molecule has 1 aromatic rings. The highest BCUT2D eigenvalue weighted by Gasteiger charge is 2.42. The Balaban J connectivity index is 1.59. The summed E-state index contributed by atoms with van der Waals surface area (Å²) in [7, 11) is 1.76.